The maximum Gasteiger partial charge on any atom is 0.506 e. The van der Waals surface area contributed by atoms with Gasteiger partial charge in [-0.25, -0.2) is 4.79 Å². The monoisotopic (exact) mass is 235 g/mol. The zero-order chi connectivity index (χ0) is 12.4. The smallest absolute Gasteiger partial charge is 0.450 e. The highest BCUT2D eigenvalue weighted by atomic mass is 16.7. The number of carbonyl (C=O) groups excluding carboxylic acids is 1. The van der Waals surface area contributed by atoms with Gasteiger partial charge in [0.25, 0.3) is 0 Å². The molecule has 1 fully saturated rings. The van der Waals surface area contributed by atoms with Gasteiger partial charge in [0.05, 0.1) is 13.0 Å². The van der Waals surface area contributed by atoms with Crippen LogP contribution in [-0.2, 0) is 9.53 Å². The predicted octanol–water partition coefficient (Wildman–Crippen LogP) is 1.79. The van der Waals surface area contributed by atoms with Crippen molar-refractivity contribution in [2.45, 2.75) is 19.4 Å². The lowest BCUT2D eigenvalue weighted by Crippen LogP contribution is -2.26. The van der Waals surface area contributed by atoms with Crippen molar-refractivity contribution in [2.24, 2.45) is 0 Å². The quantitative estimate of drug-likeness (QED) is 0.793. The Bertz CT molecular complexity index is 440. The summed E-state index contributed by atoms with van der Waals surface area (Å²) in [4.78, 5) is 23.7. The number of benzene rings is 1. The number of rotatable bonds is 2. The molecule has 0 aliphatic carbocycles. The molecule has 0 bridgehead atoms. The first-order valence-corrected chi connectivity index (χ1v) is 5.33. The molecule has 1 aliphatic rings. The van der Waals surface area contributed by atoms with Crippen molar-refractivity contribution < 1.29 is 19.4 Å². The van der Waals surface area contributed by atoms with E-state index in [2.05, 4.69) is 4.74 Å². The zero-order valence-electron chi connectivity index (χ0n) is 9.42. The van der Waals surface area contributed by atoms with Gasteiger partial charge in [-0.05, 0) is 19.1 Å². The second-order valence-electron chi connectivity index (χ2n) is 4.05. The first kappa shape index (κ1) is 11.4. The van der Waals surface area contributed by atoms with E-state index in [1.54, 1.807) is 4.90 Å². The Morgan fingerprint density at radius 2 is 2.06 bits per heavy atom. The van der Waals surface area contributed by atoms with Crippen molar-refractivity contribution in [1.29, 1.82) is 0 Å². The Hall–Kier alpha value is -2.04. The van der Waals surface area contributed by atoms with E-state index < -0.39 is 12.3 Å². The normalized spacial score (nSPS) is 19.5. The lowest BCUT2D eigenvalue weighted by molar-refractivity contribution is -0.117. The molecule has 0 aromatic heterocycles. The van der Waals surface area contributed by atoms with Crippen molar-refractivity contribution >= 4 is 17.7 Å². The Kier molecular flexibility index (Phi) is 2.99. The fourth-order valence-electron chi connectivity index (χ4n) is 1.87. The standard InChI is InChI=1S/C12H13NO4/c1-8-2-4-9(5-3-8)13-7-10(6-11(13)14)17-12(15)16/h2-5,10H,6-7H2,1H3,(H,15,16). The summed E-state index contributed by atoms with van der Waals surface area (Å²) in [7, 11) is 0. The molecule has 1 heterocycles. The number of hydrogen-bond donors (Lipinski definition) is 1. The van der Waals surface area contributed by atoms with Gasteiger partial charge in [0.2, 0.25) is 5.91 Å². The molecular formula is C12H13NO4. The lowest BCUT2D eigenvalue weighted by Gasteiger charge is -2.16. The SMILES string of the molecule is Cc1ccc(N2CC(OC(=O)O)CC2=O)cc1. The number of hydrogen-bond acceptors (Lipinski definition) is 3. The molecule has 0 radical (unpaired) electrons. The molecule has 1 unspecified atom stereocenters. The molecule has 1 N–H and O–H groups in total. The topological polar surface area (TPSA) is 66.8 Å². The number of anilines is 1. The van der Waals surface area contributed by atoms with Crippen LogP contribution in [0.2, 0.25) is 0 Å². The Balaban J connectivity index is 2.10. The predicted molar refractivity (Wildman–Crippen MR) is 61.0 cm³/mol. The molecule has 1 aromatic rings. The molecule has 0 spiro atoms. The van der Waals surface area contributed by atoms with E-state index in [-0.39, 0.29) is 18.9 Å². The summed E-state index contributed by atoms with van der Waals surface area (Å²) in [6.07, 6.45) is -1.80. The average Bonchev–Trinajstić information content (AvgIpc) is 2.59. The van der Waals surface area contributed by atoms with Gasteiger partial charge in [0.15, 0.2) is 0 Å². The van der Waals surface area contributed by atoms with Crippen molar-refractivity contribution in [3.8, 4) is 0 Å². The van der Waals surface area contributed by atoms with Gasteiger partial charge < -0.3 is 14.7 Å². The van der Waals surface area contributed by atoms with Crippen LogP contribution in [0.3, 0.4) is 0 Å². The summed E-state index contributed by atoms with van der Waals surface area (Å²) >= 11 is 0. The summed E-state index contributed by atoms with van der Waals surface area (Å²) < 4.78 is 4.61. The molecule has 2 rings (SSSR count). The van der Waals surface area contributed by atoms with Crippen LogP contribution in [0.1, 0.15) is 12.0 Å². The van der Waals surface area contributed by atoms with E-state index in [9.17, 15) is 9.59 Å². The summed E-state index contributed by atoms with van der Waals surface area (Å²) in [6, 6.07) is 7.51. The molecule has 5 nitrogen and oxygen atoms in total. The molecule has 1 aromatic carbocycles. The van der Waals surface area contributed by atoms with Crippen molar-refractivity contribution in [1.82, 2.24) is 0 Å². The van der Waals surface area contributed by atoms with Gasteiger partial charge in [-0.1, -0.05) is 17.7 Å². The second-order valence-corrected chi connectivity index (χ2v) is 4.05. The zero-order valence-corrected chi connectivity index (χ0v) is 9.42. The third-order valence-corrected chi connectivity index (χ3v) is 2.70. The summed E-state index contributed by atoms with van der Waals surface area (Å²) in [5.74, 6) is -0.111. The van der Waals surface area contributed by atoms with Gasteiger partial charge in [-0.2, -0.15) is 0 Å². The minimum Gasteiger partial charge on any atom is -0.450 e. The molecule has 90 valence electrons. The largest absolute Gasteiger partial charge is 0.506 e. The third-order valence-electron chi connectivity index (χ3n) is 2.70. The van der Waals surface area contributed by atoms with Crippen LogP contribution in [0.15, 0.2) is 24.3 Å². The number of nitrogens with zero attached hydrogens (tertiary/aromatic N) is 1. The fraction of sp³-hybridized carbons (Fsp3) is 0.333. The Morgan fingerprint density at radius 1 is 1.41 bits per heavy atom. The highest BCUT2D eigenvalue weighted by molar-refractivity contribution is 5.96. The molecule has 1 atom stereocenters. The average molecular weight is 235 g/mol. The summed E-state index contributed by atoms with van der Waals surface area (Å²) in [5.41, 5.74) is 1.89. The number of amides is 1. The minimum absolute atomic E-state index is 0.111. The van der Waals surface area contributed by atoms with E-state index in [0.29, 0.717) is 0 Å². The van der Waals surface area contributed by atoms with Crippen LogP contribution in [-0.4, -0.2) is 29.8 Å². The summed E-state index contributed by atoms with van der Waals surface area (Å²) in [6.45, 7) is 2.25. The van der Waals surface area contributed by atoms with Crippen molar-refractivity contribution in [3.05, 3.63) is 29.8 Å². The van der Waals surface area contributed by atoms with Crippen LogP contribution in [0, 0.1) is 6.92 Å². The molecule has 1 aliphatic heterocycles. The van der Waals surface area contributed by atoms with Crippen LogP contribution in [0.25, 0.3) is 0 Å². The van der Waals surface area contributed by atoms with E-state index >= 15 is 0 Å². The number of aryl methyl sites for hydroxylation is 1. The van der Waals surface area contributed by atoms with Crippen LogP contribution in [0.4, 0.5) is 10.5 Å². The van der Waals surface area contributed by atoms with Gasteiger partial charge in [0, 0.05) is 5.69 Å². The van der Waals surface area contributed by atoms with Crippen molar-refractivity contribution in [2.75, 3.05) is 11.4 Å². The molecular weight excluding hydrogens is 222 g/mol. The first-order valence-electron chi connectivity index (χ1n) is 5.33. The van der Waals surface area contributed by atoms with Crippen LogP contribution >= 0.6 is 0 Å². The molecule has 5 heteroatoms. The van der Waals surface area contributed by atoms with Gasteiger partial charge >= 0.3 is 6.16 Å². The van der Waals surface area contributed by atoms with Gasteiger partial charge in [0.1, 0.15) is 6.10 Å². The Labute approximate surface area is 98.6 Å². The van der Waals surface area contributed by atoms with E-state index in [1.165, 1.54) is 0 Å². The highest BCUT2D eigenvalue weighted by Gasteiger charge is 2.33. The van der Waals surface area contributed by atoms with Gasteiger partial charge in [-0.3, -0.25) is 4.79 Å². The van der Waals surface area contributed by atoms with Gasteiger partial charge in [-0.15, -0.1) is 0 Å². The van der Waals surface area contributed by atoms with Crippen LogP contribution < -0.4 is 4.90 Å². The lowest BCUT2D eigenvalue weighted by atomic mass is 10.2. The first-order chi connectivity index (χ1) is 8.06. The van der Waals surface area contributed by atoms with E-state index in [0.717, 1.165) is 11.3 Å². The van der Waals surface area contributed by atoms with E-state index in [4.69, 9.17) is 5.11 Å². The minimum atomic E-state index is -1.34. The third kappa shape index (κ3) is 2.55. The maximum absolute atomic E-state index is 11.7. The Morgan fingerprint density at radius 3 is 2.65 bits per heavy atom. The number of carboxylic acid groups (broad SMARTS) is 1. The molecule has 0 saturated carbocycles. The molecule has 1 saturated heterocycles. The second kappa shape index (κ2) is 4.45. The van der Waals surface area contributed by atoms with E-state index in [1.807, 2.05) is 31.2 Å². The van der Waals surface area contributed by atoms with Crippen LogP contribution in [0.5, 0.6) is 0 Å². The number of carbonyl (C=O) groups is 2. The highest BCUT2D eigenvalue weighted by Crippen LogP contribution is 2.23. The fourth-order valence-corrected chi connectivity index (χ4v) is 1.87. The van der Waals surface area contributed by atoms with Crippen molar-refractivity contribution in [3.63, 3.8) is 0 Å². The molecule has 17 heavy (non-hydrogen) atoms. The number of ether oxygens (including phenoxy) is 1. The maximum atomic E-state index is 11.7. The summed E-state index contributed by atoms with van der Waals surface area (Å²) in [5, 5.41) is 8.50. The molecule has 1 amide bonds.